The summed E-state index contributed by atoms with van der Waals surface area (Å²) in [6, 6.07) is 11.1. The monoisotopic (exact) mass is 589 g/mol. The van der Waals surface area contributed by atoms with Crippen LogP contribution < -0.4 is 20.7 Å². The number of likely N-dealkylation sites (tertiary alicyclic amines) is 1. The van der Waals surface area contributed by atoms with Crippen LogP contribution in [0, 0.1) is 11.8 Å². The number of benzene rings is 2. The minimum Gasteiger partial charge on any atom is -0.495 e. The van der Waals surface area contributed by atoms with Crippen LogP contribution in [0.25, 0.3) is 10.9 Å². The number of carbonyl (C=O) groups is 1. The highest BCUT2D eigenvalue weighted by Crippen LogP contribution is 2.32. The van der Waals surface area contributed by atoms with Gasteiger partial charge in [-0.2, -0.15) is 13.2 Å². The van der Waals surface area contributed by atoms with Crippen molar-refractivity contribution in [2.24, 2.45) is 0 Å². The standard InChI is InChI=1S/C29H33F4N5O2.C2H6/c1-4-37-14-12-24(22(30)17-37)36-23-8-5-9-26-21(23)16-20(38(26)18-29(31,32)33)7-6-13-35-25-11-10-19(28(39)34-2)15-27(25)40-3;1-2/h5,8-11,15-16,22,24,35-36H,4,12-14,17-18H2,1-3H3,(H,34,39);1-2H3. The van der Waals surface area contributed by atoms with E-state index in [4.69, 9.17) is 4.74 Å². The van der Waals surface area contributed by atoms with Crippen LogP contribution in [0.15, 0.2) is 42.5 Å². The number of carbonyl (C=O) groups excluding carboxylic acids is 1. The Kier molecular flexibility index (Phi) is 11.5. The quantitative estimate of drug-likeness (QED) is 0.225. The number of amides is 1. The highest BCUT2D eigenvalue weighted by Gasteiger charge is 2.31. The van der Waals surface area contributed by atoms with Gasteiger partial charge in [0.1, 0.15) is 18.5 Å². The Hall–Kier alpha value is -3.91. The van der Waals surface area contributed by atoms with Gasteiger partial charge in [0.2, 0.25) is 0 Å². The Morgan fingerprint density at radius 1 is 1.14 bits per heavy atom. The summed E-state index contributed by atoms with van der Waals surface area (Å²) in [6.07, 6.45) is -4.95. The van der Waals surface area contributed by atoms with Gasteiger partial charge in [0.25, 0.3) is 5.91 Å². The smallest absolute Gasteiger partial charge is 0.406 e. The molecule has 0 spiro atoms. The molecule has 4 rings (SSSR count). The molecule has 2 heterocycles. The van der Waals surface area contributed by atoms with Gasteiger partial charge in [0.05, 0.1) is 36.6 Å². The van der Waals surface area contributed by atoms with Crippen molar-refractivity contribution < 1.29 is 27.1 Å². The average molecular weight is 590 g/mol. The lowest BCUT2D eigenvalue weighted by atomic mass is 10.0. The first-order valence-electron chi connectivity index (χ1n) is 14.1. The van der Waals surface area contributed by atoms with E-state index in [0.29, 0.717) is 46.6 Å². The second-order valence-corrected chi connectivity index (χ2v) is 9.57. The van der Waals surface area contributed by atoms with Gasteiger partial charge >= 0.3 is 6.18 Å². The van der Waals surface area contributed by atoms with Gasteiger partial charge < -0.3 is 30.2 Å². The van der Waals surface area contributed by atoms with E-state index in [-0.39, 0.29) is 18.1 Å². The molecular formula is C31H39F4N5O2. The van der Waals surface area contributed by atoms with Gasteiger partial charge in [-0.15, -0.1) is 0 Å². The van der Waals surface area contributed by atoms with Crippen LogP contribution in [0.4, 0.5) is 28.9 Å². The molecule has 42 heavy (non-hydrogen) atoms. The van der Waals surface area contributed by atoms with Crippen molar-refractivity contribution in [3.8, 4) is 17.6 Å². The van der Waals surface area contributed by atoms with E-state index in [1.54, 1.807) is 42.5 Å². The van der Waals surface area contributed by atoms with E-state index in [1.165, 1.54) is 14.2 Å². The predicted molar refractivity (Wildman–Crippen MR) is 160 cm³/mol. The summed E-state index contributed by atoms with van der Waals surface area (Å²) < 4.78 is 61.9. The van der Waals surface area contributed by atoms with Gasteiger partial charge in [-0.05, 0) is 55.3 Å². The van der Waals surface area contributed by atoms with E-state index < -0.39 is 24.9 Å². The lowest BCUT2D eigenvalue weighted by Gasteiger charge is -2.35. The third kappa shape index (κ3) is 8.10. The van der Waals surface area contributed by atoms with E-state index >= 15 is 0 Å². The normalized spacial score (nSPS) is 17.0. The van der Waals surface area contributed by atoms with Crippen molar-refractivity contribution in [1.29, 1.82) is 0 Å². The molecule has 0 saturated carbocycles. The lowest BCUT2D eigenvalue weighted by molar-refractivity contribution is -0.140. The Bertz CT molecular complexity index is 1410. The largest absolute Gasteiger partial charge is 0.495 e. The summed E-state index contributed by atoms with van der Waals surface area (Å²) in [4.78, 5) is 13.9. The molecule has 7 nitrogen and oxygen atoms in total. The number of halogens is 4. The third-order valence-electron chi connectivity index (χ3n) is 6.97. The van der Waals surface area contributed by atoms with Gasteiger partial charge in [-0.3, -0.25) is 4.79 Å². The first-order valence-corrected chi connectivity index (χ1v) is 14.1. The number of nitrogens with zero attached hydrogens (tertiary/aromatic N) is 2. The van der Waals surface area contributed by atoms with Crippen LogP contribution in [-0.4, -0.2) is 74.1 Å². The third-order valence-corrected chi connectivity index (χ3v) is 6.97. The van der Waals surface area contributed by atoms with Crippen molar-refractivity contribution in [3.05, 3.63) is 53.7 Å². The molecule has 228 valence electrons. The maximum Gasteiger partial charge on any atom is 0.406 e. The number of alkyl halides is 4. The van der Waals surface area contributed by atoms with E-state index in [9.17, 15) is 22.4 Å². The number of hydrogen-bond acceptors (Lipinski definition) is 5. The van der Waals surface area contributed by atoms with Crippen molar-refractivity contribution in [2.45, 2.75) is 52.1 Å². The second kappa shape index (κ2) is 14.8. The molecule has 1 saturated heterocycles. The van der Waals surface area contributed by atoms with Crippen LogP contribution >= 0.6 is 0 Å². The van der Waals surface area contributed by atoms with Crippen molar-refractivity contribution in [2.75, 3.05) is 51.0 Å². The predicted octanol–water partition coefficient (Wildman–Crippen LogP) is 5.91. The molecule has 1 amide bonds. The summed E-state index contributed by atoms with van der Waals surface area (Å²) in [5, 5.41) is 9.42. The molecule has 1 aromatic heterocycles. The van der Waals surface area contributed by atoms with Crippen LogP contribution in [0.2, 0.25) is 0 Å². The van der Waals surface area contributed by atoms with Crippen molar-refractivity contribution >= 4 is 28.2 Å². The molecule has 2 atom stereocenters. The molecule has 3 N–H and O–H groups in total. The maximum absolute atomic E-state index is 14.8. The van der Waals surface area contributed by atoms with E-state index in [0.717, 1.165) is 17.7 Å². The molecule has 0 bridgehead atoms. The fraction of sp³-hybridized carbons (Fsp3) is 0.452. The number of hydrogen-bond donors (Lipinski definition) is 3. The summed E-state index contributed by atoms with van der Waals surface area (Å²) >= 11 is 0. The number of anilines is 2. The second-order valence-electron chi connectivity index (χ2n) is 9.57. The number of nitrogens with one attached hydrogen (secondary N) is 3. The number of fused-ring (bicyclic) bond motifs is 1. The maximum atomic E-state index is 14.8. The molecular weight excluding hydrogens is 550 g/mol. The molecule has 1 aliphatic heterocycles. The van der Waals surface area contributed by atoms with Crippen LogP contribution in [0.1, 0.15) is 43.2 Å². The number of piperidine rings is 1. The Morgan fingerprint density at radius 2 is 1.90 bits per heavy atom. The number of ether oxygens (including phenoxy) is 1. The highest BCUT2D eigenvalue weighted by atomic mass is 19.4. The summed E-state index contributed by atoms with van der Waals surface area (Å²) in [5.74, 6) is 5.92. The van der Waals surface area contributed by atoms with Gasteiger partial charge in [0, 0.05) is 36.8 Å². The molecule has 1 fully saturated rings. The Morgan fingerprint density at radius 3 is 2.55 bits per heavy atom. The zero-order chi connectivity index (χ0) is 30.9. The Balaban J connectivity index is 0.00000237. The zero-order valence-electron chi connectivity index (χ0n) is 24.7. The highest BCUT2D eigenvalue weighted by molar-refractivity contribution is 5.95. The molecule has 1 aliphatic rings. The summed E-state index contributed by atoms with van der Waals surface area (Å²) in [5.41, 5.74) is 2.15. The van der Waals surface area contributed by atoms with Crippen molar-refractivity contribution in [1.82, 2.24) is 14.8 Å². The fourth-order valence-corrected chi connectivity index (χ4v) is 4.88. The molecule has 2 unspecified atom stereocenters. The average Bonchev–Trinajstić information content (AvgIpc) is 3.33. The van der Waals surface area contributed by atoms with Crippen LogP contribution in [-0.2, 0) is 6.54 Å². The molecule has 3 aromatic rings. The number of rotatable bonds is 8. The SMILES string of the molecule is CC.CCN1CCC(Nc2cccc3c2cc(C#CCNc2ccc(C(=O)NC)cc2OC)n3CC(F)(F)F)C(F)C1. The molecule has 0 radical (unpaired) electrons. The minimum atomic E-state index is -4.46. The van der Waals surface area contributed by atoms with Crippen molar-refractivity contribution in [3.63, 3.8) is 0 Å². The summed E-state index contributed by atoms with van der Waals surface area (Å²) in [7, 11) is 3.00. The first-order chi connectivity index (χ1) is 20.1. The molecule has 11 heteroatoms. The first kappa shape index (κ1) is 32.6. The Labute approximate surface area is 244 Å². The summed E-state index contributed by atoms with van der Waals surface area (Å²) in [6.45, 7) is 6.75. The van der Waals surface area contributed by atoms with Gasteiger partial charge in [0.15, 0.2) is 0 Å². The van der Waals surface area contributed by atoms with Crippen LogP contribution in [0.5, 0.6) is 5.75 Å². The van der Waals surface area contributed by atoms with Gasteiger partial charge in [-0.1, -0.05) is 32.8 Å². The van der Waals surface area contributed by atoms with Gasteiger partial charge in [-0.25, -0.2) is 4.39 Å². The number of aromatic nitrogens is 1. The topological polar surface area (TPSA) is 70.6 Å². The van der Waals surface area contributed by atoms with Crippen LogP contribution in [0.3, 0.4) is 0 Å². The van der Waals surface area contributed by atoms with E-state index in [2.05, 4.69) is 27.8 Å². The molecule has 0 aliphatic carbocycles. The molecule has 2 aromatic carbocycles. The number of methoxy groups -OCH3 is 1. The fourth-order valence-electron chi connectivity index (χ4n) is 4.88. The zero-order valence-corrected chi connectivity index (χ0v) is 24.7. The lowest BCUT2D eigenvalue weighted by Crippen LogP contribution is -2.47. The minimum absolute atomic E-state index is 0.119. The van der Waals surface area contributed by atoms with E-state index in [1.807, 2.05) is 25.7 Å².